The Hall–Kier alpha value is -2.88. The first-order valence-corrected chi connectivity index (χ1v) is 14.2. The Kier molecular flexibility index (Phi) is 13.7. The molecule has 9 heteroatoms. The summed E-state index contributed by atoms with van der Waals surface area (Å²) >= 11 is 0. The van der Waals surface area contributed by atoms with Gasteiger partial charge in [-0.1, -0.05) is 34.1 Å². The second kappa shape index (κ2) is 16.4. The van der Waals surface area contributed by atoms with Crippen molar-refractivity contribution in [3.63, 3.8) is 0 Å². The number of rotatable bonds is 16. The van der Waals surface area contributed by atoms with Gasteiger partial charge in [-0.2, -0.15) is 0 Å². The molecule has 0 aromatic heterocycles. The molecule has 0 saturated carbocycles. The number of amides is 1. The first kappa shape index (κ1) is 33.3. The minimum Gasteiger partial charge on any atom is -0.456 e. The fourth-order valence-electron chi connectivity index (χ4n) is 4.68. The van der Waals surface area contributed by atoms with Crippen molar-refractivity contribution < 1.29 is 28.2 Å². The molecule has 0 spiro atoms. The summed E-state index contributed by atoms with van der Waals surface area (Å²) in [6.07, 6.45) is 1.64. The second-order valence-corrected chi connectivity index (χ2v) is 10.6. The zero-order valence-electron chi connectivity index (χ0n) is 24.4. The molecule has 0 fully saturated rings. The number of nitrogens with two attached hydrogens (primary N) is 1. The van der Waals surface area contributed by atoms with Crippen LogP contribution in [0.4, 0.5) is 8.78 Å². The Bertz CT molecular complexity index is 1090. The Labute approximate surface area is 237 Å². The average molecular weight is 562 g/mol. The van der Waals surface area contributed by atoms with Crippen molar-refractivity contribution in [1.82, 2.24) is 10.2 Å². The Morgan fingerprint density at radius 3 is 2.15 bits per heavy atom. The molecule has 4 atom stereocenters. The number of nitrogens with one attached hydrogen (secondary N) is 1. The summed E-state index contributed by atoms with van der Waals surface area (Å²) in [5.74, 6) is -2.10. The molecule has 7 nitrogen and oxygen atoms in total. The molecule has 1 amide bonds. The highest BCUT2D eigenvalue weighted by molar-refractivity contribution is 5.98. The number of aliphatic hydroxyl groups is 1. The molecular weight excluding hydrogens is 516 g/mol. The second-order valence-electron chi connectivity index (χ2n) is 10.6. The third kappa shape index (κ3) is 9.94. The van der Waals surface area contributed by atoms with Gasteiger partial charge in [0.05, 0.1) is 12.2 Å². The lowest BCUT2D eigenvalue weighted by molar-refractivity contribution is 0.0219. The summed E-state index contributed by atoms with van der Waals surface area (Å²) in [5.41, 5.74) is 8.13. The predicted octanol–water partition coefficient (Wildman–Crippen LogP) is 4.63. The number of hydrogen-bond donors (Lipinski definition) is 3. The van der Waals surface area contributed by atoms with E-state index in [2.05, 4.69) is 5.32 Å². The maximum Gasteiger partial charge on any atom is 0.338 e. The molecule has 0 radical (unpaired) electrons. The number of hydrogen-bond acceptors (Lipinski definition) is 6. The zero-order chi connectivity index (χ0) is 29.8. The van der Waals surface area contributed by atoms with Gasteiger partial charge < -0.3 is 25.8 Å². The molecule has 2 aromatic carbocycles. The van der Waals surface area contributed by atoms with Gasteiger partial charge in [-0.15, -0.1) is 0 Å². The SMILES string of the molecule is CCCN(CCC)C(=O)c1cc(C)cc(C(=O)O[C@H](CN[C@@H](CO)[C@@H](C)CC)[C@@H](N)Cc2cc(F)cc(F)c2)c1. The van der Waals surface area contributed by atoms with Crippen molar-refractivity contribution in [3.8, 4) is 0 Å². The van der Waals surface area contributed by atoms with Gasteiger partial charge in [-0.05, 0) is 73.6 Å². The number of benzene rings is 2. The lowest BCUT2D eigenvalue weighted by atomic mass is 9.98. The van der Waals surface area contributed by atoms with E-state index in [0.717, 1.165) is 30.9 Å². The van der Waals surface area contributed by atoms with Gasteiger partial charge in [0.15, 0.2) is 0 Å². The number of ether oxygens (including phenoxy) is 1. The standard InChI is InChI=1S/C31H45F2N3O4/c1-6-9-36(10-7-2)30(38)23-11-20(4)12-24(16-23)31(39)40-29(18-35-28(19-37)21(5)8-3)27(34)15-22-13-25(32)17-26(33)14-22/h11-14,16-17,21,27-29,35,37H,6-10,15,18-19,34H2,1-5H3/t21-,27-,28-,29+/m0/s1. The molecule has 0 bridgehead atoms. The van der Waals surface area contributed by atoms with E-state index in [1.54, 1.807) is 24.0 Å². The van der Waals surface area contributed by atoms with Crippen LogP contribution in [0.15, 0.2) is 36.4 Å². The number of esters is 1. The van der Waals surface area contributed by atoms with E-state index in [1.807, 2.05) is 27.7 Å². The first-order valence-electron chi connectivity index (χ1n) is 14.2. The number of carbonyl (C=O) groups excluding carboxylic acids is 2. The average Bonchev–Trinajstić information content (AvgIpc) is 2.90. The topological polar surface area (TPSA) is 105 Å². The van der Waals surface area contributed by atoms with E-state index < -0.39 is 29.7 Å². The molecule has 222 valence electrons. The molecule has 0 heterocycles. The van der Waals surface area contributed by atoms with Crippen molar-refractivity contribution in [2.24, 2.45) is 11.7 Å². The monoisotopic (exact) mass is 561 g/mol. The third-order valence-electron chi connectivity index (χ3n) is 7.07. The predicted molar refractivity (Wildman–Crippen MR) is 153 cm³/mol. The highest BCUT2D eigenvalue weighted by Gasteiger charge is 2.27. The van der Waals surface area contributed by atoms with Gasteiger partial charge in [0.1, 0.15) is 17.7 Å². The van der Waals surface area contributed by atoms with Crippen LogP contribution >= 0.6 is 0 Å². The van der Waals surface area contributed by atoms with Crippen molar-refractivity contribution in [3.05, 3.63) is 70.3 Å². The molecular formula is C31H45F2N3O4. The number of carbonyl (C=O) groups is 2. The van der Waals surface area contributed by atoms with Gasteiger partial charge in [0.25, 0.3) is 5.91 Å². The minimum absolute atomic E-state index is 0.0575. The molecule has 4 N–H and O–H groups in total. The van der Waals surface area contributed by atoms with Crippen LogP contribution in [0.1, 0.15) is 78.8 Å². The molecule has 0 unspecified atom stereocenters. The highest BCUT2D eigenvalue weighted by atomic mass is 19.1. The molecule has 2 aromatic rings. The summed E-state index contributed by atoms with van der Waals surface area (Å²) < 4.78 is 33.5. The lowest BCUT2D eigenvalue weighted by Crippen LogP contribution is -2.50. The van der Waals surface area contributed by atoms with Crippen LogP contribution in [0.25, 0.3) is 0 Å². The van der Waals surface area contributed by atoms with Crippen molar-refractivity contribution in [2.45, 2.75) is 78.5 Å². The van der Waals surface area contributed by atoms with E-state index >= 15 is 0 Å². The molecule has 0 aliphatic heterocycles. The molecule has 0 aliphatic rings. The van der Waals surface area contributed by atoms with Gasteiger partial charge >= 0.3 is 5.97 Å². The lowest BCUT2D eigenvalue weighted by Gasteiger charge is -2.29. The van der Waals surface area contributed by atoms with E-state index in [1.165, 1.54) is 18.2 Å². The number of aliphatic hydroxyl groups excluding tert-OH is 1. The number of aryl methyl sites for hydroxylation is 1. The van der Waals surface area contributed by atoms with Crippen LogP contribution in [-0.2, 0) is 11.2 Å². The van der Waals surface area contributed by atoms with Crippen molar-refractivity contribution in [2.75, 3.05) is 26.2 Å². The summed E-state index contributed by atoms with van der Waals surface area (Å²) in [6.45, 7) is 11.1. The molecule has 0 saturated heterocycles. The number of halogens is 2. The van der Waals surface area contributed by atoms with E-state index in [-0.39, 0.29) is 43.0 Å². The van der Waals surface area contributed by atoms with Crippen LogP contribution < -0.4 is 11.1 Å². The molecule has 2 rings (SSSR count). The van der Waals surface area contributed by atoms with Crippen LogP contribution in [0.2, 0.25) is 0 Å². The van der Waals surface area contributed by atoms with E-state index in [9.17, 15) is 23.5 Å². The van der Waals surface area contributed by atoms with Crippen LogP contribution in [0.3, 0.4) is 0 Å². The van der Waals surface area contributed by atoms with Gasteiger partial charge in [0.2, 0.25) is 0 Å². The molecule has 40 heavy (non-hydrogen) atoms. The third-order valence-corrected chi connectivity index (χ3v) is 7.07. The van der Waals surface area contributed by atoms with Crippen LogP contribution in [0.5, 0.6) is 0 Å². The highest BCUT2D eigenvalue weighted by Crippen LogP contribution is 2.18. The maximum atomic E-state index is 13.8. The van der Waals surface area contributed by atoms with Crippen molar-refractivity contribution >= 4 is 11.9 Å². The fraction of sp³-hybridized carbons (Fsp3) is 0.548. The number of nitrogens with zero attached hydrogens (tertiary/aromatic N) is 1. The van der Waals surface area contributed by atoms with E-state index in [4.69, 9.17) is 10.5 Å². The smallest absolute Gasteiger partial charge is 0.338 e. The quantitative estimate of drug-likeness (QED) is 0.258. The summed E-state index contributed by atoms with van der Waals surface area (Å²) in [5, 5.41) is 13.1. The normalized spacial score (nSPS) is 14.3. The zero-order valence-corrected chi connectivity index (χ0v) is 24.4. The Morgan fingerprint density at radius 1 is 1.00 bits per heavy atom. The summed E-state index contributed by atoms with van der Waals surface area (Å²) in [6, 6.07) is 7.05. The Morgan fingerprint density at radius 2 is 1.60 bits per heavy atom. The maximum absolute atomic E-state index is 13.8. The van der Waals surface area contributed by atoms with Crippen LogP contribution in [-0.4, -0.2) is 66.3 Å². The fourth-order valence-corrected chi connectivity index (χ4v) is 4.68. The van der Waals surface area contributed by atoms with Gasteiger partial charge in [0, 0.05) is 43.3 Å². The van der Waals surface area contributed by atoms with E-state index in [0.29, 0.717) is 24.2 Å². The Balaban J connectivity index is 2.31. The van der Waals surface area contributed by atoms with Crippen LogP contribution in [0, 0.1) is 24.5 Å². The summed E-state index contributed by atoms with van der Waals surface area (Å²) in [7, 11) is 0. The minimum atomic E-state index is -0.881. The molecule has 0 aliphatic carbocycles. The van der Waals surface area contributed by atoms with Gasteiger partial charge in [-0.3, -0.25) is 4.79 Å². The van der Waals surface area contributed by atoms with Crippen molar-refractivity contribution in [1.29, 1.82) is 0 Å². The summed E-state index contributed by atoms with van der Waals surface area (Å²) in [4.78, 5) is 28.3. The van der Waals surface area contributed by atoms with Gasteiger partial charge in [-0.25, -0.2) is 13.6 Å². The first-order chi connectivity index (χ1) is 19.0. The largest absolute Gasteiger partial charge is 0.456 e.